The standard InChI is InChI=1S/C14H20N2O2/c1-3-18-14(17)13-8-5-9-16(13)10-12-7-4-6-11(2)15-12/h4,6-7,13H,3,5,8-10H2,1-2H3. The fraction of sp³-hybridized carbons (Fsp3) is 0.571. The normalized spacial score (nSPS) is 20.0. The van der Waals surface area contributed by atoms with E-state index in [1.165, 1.54) is 0 Å². The average molecular weight is 248 g/mol. The summed E-state index contributed by atoms with van der Waals surface area (Å²) >= 11 is 0. The van der Waals surface area contributed by atoms with Crippen molar-refractivity contribution >= 4 is 5.97 Å². The van der Waals surface area contributed by atoms with Crippen molar-refractivity contribution in [2.75, 3.05) is 13.2 Å². The summed E-state index contributed by atoms with van der Waals surface area (Å²) < 4.78 is 5.12. The Bertz CT molecular complexity index is 420. The number of hydrogen-bond acceptors (Lipinski definition) is 4. The molecule has 1 aromatic heterocycles. The van der Waals surface area contributed by atoms with Crippen molar-refractivity contribution in [3.05, 3.63) is 29.6 Å². The first-order chi connectivity index (χ1) is 8.70. The summed E-state index contributed by atoms with van der Waals surface area (Å²) in [7, 11) is 0. The van der Waals surface area contributed by atoms with E-state index in [2.05, 4.69) is 9.88 Å². The fourth-order valence-corrected chi connectivity index (χ4v) is 2.42. The molecule has 0 spiro atoms. The molecule has 2 heterocycles. The van der Waals surface area contributed by atoms with Gasteiger partial charge in [-0.3, -0.25) is 14.7 Å². The van der Waals surface area contributed by atoms with Crippen LogP contribution >= 0.6 is 0 Å². The predicted molar refractivity (Wildman–Crippen MR) is 69.0 cm³/mol. The van der Waals surface area contributed by atoms with Gasteiger partial charge < -0.3 is 4.74 Å². The molecule has 1 aromatic rings. The van der Waals surface area contributed by atoms with Crippen LogP contribution < -0.4 is 0 Å². The summed E-state index contributed by atoms with van der Waals surface area (Å²) in [6.07, 6.45) is 1.94. The number of esters is 1. The maximum atomic E-state index is 11.8. The molecule has 0 radical (unpaired) electrons. The highest BCUT2D eigenvalue weighted by atomic mass is 16.5. The molecule has 0 N–H and O–H groups in total. The summed E-state index contributed by atoms with van der Waals surface area (Å²) in [6, 6.07) is 5.91. The fourth-order valence-electron chi connectivity index (χ4n) is 2.42. The van der Waals surface area contributed by atoms with Crippen molar-refractivity contribution in [1.29, 1.82) is 0 Å². The van der Waals surface area contributed by atoms with Gasteiger partial charge in [-0.15, -0.1) is 0 Å². The van der Waals surface area contributed by atoms with Gasteiger partial charge in [0, 0.05) is 12.2 Å². The molecule has 1 fully saturated rings. The minimum absolute atomic E-state index is 0.0905. The number of carbonyl (C=O) groups excluding carboxylic acids is 1. The SMILES string of the molecule is CCOC(=O)C1CCCN1Cc1cccc(C)n1. The van der Waals surface area contributed by atoms with Gasteiger partial charge in [-0.2, -0.15) is 0 Å². The smallest absolute Gasteiger partial charge is 0.323 e. The van der Waals surface area contributed by atoms with Crippen molar-refractivity contribution in [3.8, 4) is 0 Å². The summed E-state index contributed by atoms with van der Waals surface area (Å²) in [5.74, 6) is -0.0948. The van der Waals surface area contributed by atoms with Crippen LogP contribution in [0.25, 0.3) is 0 Å². The Balaban J connectivity index is 2.01. The number of pyridine rings is 1. The lowest BCUT2D eigenvalue weighted by molar-refractivity contribution is -0.148. The minimum atomic E-state index is -0.0948. The van der Waals surface area contributed by atoms with Crippen LogP contribution in [0.1, 0.15) is 31.2 Å². The lowest BCUT2D eigenvalue weighted by Gasteiger charge is -2.22. The number of aromatic nitrogens is 1. The molecule has 0 saturated carbocycles. The number of likely N-dealkylation sites (tertiary alicyclic amines) is 1. The van der Waals surface area contributed by atoms with E-state index in [1.807, 2.05) is 32.0 Å². The van der Waals surface area contributed by atoms with E-state index >= 15 is 0 Å². The largest absolute Gasteiger partial charge is 0.465 e. The Labute approximate surface area is 108 Å². The Kier molecular flexibility index (Phi) is 4.31. The van der Waals surface area contributed by atoms with E-state index in [4.69, 9.17) is 4.74 Å². The maximum Gasteiger partial charge on any atom is 0.323 e. The van der Waals surface area contributed by atoms with E-state index in [-0.39, 0.29) is 12.0 Å². The summed E-state index contributed by atoms with van der Waals surface area (Å²) in [6.45, 7) is 5.95. The van der Waals surface area contributed by atoms with Crippen LogP contribution in [0.15, 0.2) is 18.2 Å². The van der Waals surface area contributed by atoms with Crippen molar-refractivity contribution in [2.24, 2.45) is 0 Å². The third-order valence-electron chi connectivity index (χ3n) is 3.23. The molecule has 98 valence electrons. The number of rotatable bonds is 4. The first-order valence-corrected chi connectivity index (χ1v) is 6.54. The zero-order valence-corrected chi connectivity index (χ0v) is 11.1. The van der Waals surface area contributed by atoms with Crippen molar-refractivity contribution < 1.29 is 9.53 Å². The van der Waals surface area contributed by atoms with Crippen molar-refractivity contribution in [3.63, 3.8) is 0 Å². The molecular weight excluding hydrogens is 228 g/mol. The number of aryl methyl sites for hydroxylation is 1. The van der Waals surface area contributed by atoms with Crippen molar-refractivity contribution in [2.45, 2.75) is 39.3 Å². The molecule has 4 nitrogen and oxygen atoms in total. The lowest BCUT2D eigenvalue weighted by atomic mass is 10.2. The lowest BCUT2D eigenvalue weighted by Crippen LogP contribution is -2.37. The van der Waals surface area contributed by atoms with Gasteiger partial charge in [0.25, 0.3) is 0 Å². The molecule has 0 aliphatic carbocycles. The van der Waals surface area contributed by atoms with Gasteiger partial charge in [-0.25, -0.2) is 0 Å². The maximum absolute atomic E-state index is 11.8. The molecule has 0 amide bonds. The molecule has 4 heteroatoms. The third-order valence-corrected chi connectivity index (χ3v) is 3.23. The van der Waals surface area contributed by atoms with Gasteiger partial charge in [0.15, 0.2) is 0 Å². The van der Waals surface area contributed by atoms with E-state index in [1.54, 1.807) is 0 Å². The molecule has 1 aliphatic rings. The molecule has 0 bridgehead atoms. The third kappa shape index (κ3) is 3.07. The highest BCUT2D eigenvalue weighted by Crippen LogP contribution is 2.20. The van der Waals surface area contributed by atoms with E-state index in [9.17, 15) is 4.79 Å². The van der Waals surface area contributed by atoms with E-state index < -0.39 is 0 Å². The second-order valence-electron chi connectivity index (χ2n) is 4.65. The Morgan fingerprint density at radius 1 is 1.56 bits per heavy atom. The Morgan fingerprint density at radius 2 is 2.39 bits per heavy atom. The molecule has 0 aromatic carbocycles. The van der Waals surface area contributed by atoms with Gasteiger partial charge in [0.2, 0.25) is 0 Å². The highest BCUT2D eigenvalue weighted by molar-refractivity contribution is 5.76. The zero-order valence-electron chi connectivity index (χ0n) is 11.1. The first kappa shape index (κ1) is 13.0. The van der Waals surface area contributed by atoms with Gasteiger partial charge >= 0.3 is 5.97 Å². The van der Waals surface area contributed by atoms with Gasteiger partial charge in [-0.05, 0) is 45.4 Å². The molecule has 1 unspecified atom stereocenters. The summed E-state index contributed by atoms with van der Waals surface area (Å²) in [5, 5.41) is 0. The van der Waals surface area contributed by atoms with Gasteiger partial charge in [0.1, 0.15) is 6.04 Å². The monoisotopic (exact) mass is 248 g/mol. The van der Waals surface area contributed by atoms with Crippen LogP contribution in [-0.4, -0.2) is 35.0 Å². The molecule has 1 aliphatic heterocycles. The molecule has 1 saturated heterocycles. The number of ether oxygens (including phenoxy) is 1. The van der Waals surface area contributed by atoms with Crippen LogP contribution in [0.4, 0.5) is 0 Å². The summed E-state index contributed by atoms with van der Waals surface area (Å²) in [4.78, 5) is 18.5. The second-order valence-corrected chi connectivity index (χ2v) is 4.65. The van der Waals surface area contributed by atoms with Gasteiger partial charge in [0.05, 0.1) is 12.3 Å². The molecule has 1 atom stereocenters. The van der Waals surface area contributed by atoms with Crippen LogP contribution in [0, 0.1) is 6.92 Å². The van der Waals surface area contributed by atoms with E-state index in [0.29, 0.717) is 6.61 Å². The van der Waals surface area contributed by atoms with Crippen LogP contribution in [-0.2, 0) is 16.1 Å². The van der Waals surface area contributed by atoms with Crippen LogP contribution in [0.5, 0.6) is 0 Å². The molecular formula is C14H20N2O2. The number of nitrogens with zero attached hydrogens (tertiary/aromatic N) is 2. The predicted octanol–water partition coefficient (Wildman–Crippen LogP) is 1.92. The van der Waals surface area contributed by atoms with Crippen LogP contribution in [0.2, 0.25) is 0 Å². The zero-order chi connectivity index (χ0) is 13.0. The van der Waals surface area contributed by atoms with Crippen molar-refractivity contribution in [1.82, 2.24) is 9.88 Å². The van der Waals surface area contributed by atoms with E-state index in [0.717, 1.165) is 37.3 Å². The number of hydrogen-bond donors (Lipinski definition) is 0. The second kappa shape index (κ2) is 5.96. The van der Waals surface area contributed by atoms with Crippen LogP contribution in [0.3, 0.4) is 0 Å². The number of carbonyl (C=O) groups is 1. The Morgan fingerprint density at radius 3 is 3.11 bits per heavy atom. The first-order valence-electron chi connectivity index (χ1n) is 6.54. The molecule has 18 heavy (non-hydrogen) atoms. The minimum Gasteiger partial charge on any atom is -0.465 e. The highest BCUT2D eigenvalue weighted by Gasteiger charge is 2.31. The topological polar surface area (TPSA) is 42.4 Å². The van der Waals surface area contributed by atoms with Gasteiger partial charge in [-0.1, -0.05) is 6.07 Å². The quantitative estimate of drug-likeness (QED) is 0.763. The molecule has 2 rings (SSSR count). The Hall–Kier alpha value is -1.42. The summed E-state index contributed by atoms with van der Waals surface area (Å²) in [5.41, 5.74) is 2.03. The average Bonchev–Trinajstić information content (AvgIpc) is 2.77.